The molecule has 0 fully saturated rings. The summed E-state index contributed by atoms with van der Waals surface area (Å²) >= 11 is 0. The first-order chi connectivity index (χ1) is 61.7. The number of nitrogens with zero attached hydrogens (tertiary/aromatic N) is 5. The Kier molecular flexibility index (Phi) is 64.3. The summed E-state index contributed by atoms with van der Waals surface area (Å²) in [7, 11) is -1.49. The van der Waals surface area contributed by atoms with Gasteiger partial charge in [0.15, 0.2) is 15.7 Å². The summed E-state index contributed by atoms with van der Waals surface area (Å²) in [6.07, 6.45) is 21.7. The number of para-hydroxylation sites is 1. The number of carbonyl (C=O) groups excluding carboxylic acids is 10. The Balaban J connectivity index is 1.22. The largest absolute Gasteiger partial charge is 0.495 e. The van der Waals surface area contributed by atoms with Crippen LogP contribution in [-0.4, -0.2) is 239 Å². The molecule has 0 saturated heterocycles. The Morgan fingerprint density at radius 1 is 0.394 bits per heavy atom. The van der Waals surface area contributed by atoms with Crippen molar-refractivity contribution in [2.75, 3.05) is 156 Å². The average Bonchev–Trinajstić information content (AvgIpc) is 0.787. The van der Waals surface area contributed by atoms with Gasteiger partial charge in [-0.1, -0.05) is 37.5 Å². The number of methoxy groups -OCH3 is 2. The minimum absolute atomic E-state index is 0.0124. The molecule has 5 N–H and O–H groups in total. The number of aliphatic hydroxyl groups is 3. The lowest BCUT2D eigenvalue weighted by Crippen LogP contribution is -2.36. The summed E-state index contributed by atoms with van der Waals surface area (Å²) in [5.41, 5.74) is 1.45. The van der Waals surface area contributed by atoms with Crippen LogP contribution in [0.15, 0.2) is 57.6 Å². The summed E-state index contributed by atoms with van der Waals surface area (Å²) in [4.78, 5) is 128. The molecule has 714 valence electrons. The lowest BCUT2D eigenvalue weighted by Gasteiger charge is -2.22. The van der Waals surface area contributed by atoms with Gasteiger partial charge in [-0.05, 0) is 192 Å². The van der Waals surface area contributed by atoms with Gasteiger partial charge in [0, 0.05) is 134 Å². The highest BCUT2D eigenvalue weighted by Crippen LogP contribution is 2.41. The number of unbranched alkanes of at least 4 members (excludes halogenated alkanes) is 20. The molecule has 0 aliphatic rings. The van der Waals surface area contributed by atoms with Crippen molar-refractivity contribution in [3.8, 4) is 17.6 Å². The number of esters is 10. The van der Waals surface area contributed by atoms with Gasteiger partial charge in [0.05, 0.1) is 85.0 Å². The topological polar surface area (TPSA) is 474 Å². The van der Waals surface area contributed by atoms with Crippen LogP contribution in [0.4, 0.5) is 28.7 Å². The number of hydrogen-bond acceptors (Lipinski definition) is 35. The summed E-state index contributed by atoms with van der Waals surface area (Å²) in [6, 6.07) is 13.9. The van der Waals surface area contributed by atoms with Crippen LogP contribution in [-0.2, 0) is 110 Å². The van der Waals surface area contributed by atoms with Crippen molar-refractivity contribution in [3.05, 3.63) is 53.6 Å². The van der Waals surface area contributed by atoms with E-state index in [-0.39, 0.29) is 250 Å². The van der Waals surface area contributed by atoms with Gasteiger partial charge in [-0.2, -0.15) is 5.26 Å². The van der Waals surface area contributed by atoms with Crippen LogP contribution < -0.4 is 20.1 Å². The van der Waals surface area contributed by atoms with E-state index in [0.29, 0.717) is 211 Å². The van der Waals surface area contributed by atoms with E-state index in [1.54, 1.807) is 11.8 Å². The van der Waals surface area contributed by atoms with Crippen molar-refractivity contribution in [1.29, 1.82) is 5.26 Å². The molecule has 127 heavy (non-hydrogen) atoms. The molecular formula is C91H141N7O28S. The van der Waals surface area contributed by atoms with Crippen molar-refractivity contribution in [2.24, 2.45) is 10.2 Å². The van der Waals surface area contributed by atoms with Crippen molar-refractivity contribution in [2.45, 2.75) is 269 Å². The van der Waals surface area contributed by atoms with E-state index in [1.807, 2.05) is 30.3 Å². The van der Waals surface area contributed by atoms with E-state index < -0.39 is 33.5 Å². The smallest absolute Gasteiger partial charge is 0.305 e. The van der Waals surface area contributed by atoms with Gasteiger partial charge in [0.25, 0.3) is 0 Å². The van der Waals surface area contributed by atoms with Crippen molar-refractivity contribution < 1.29 is 133 Å². The molecule has 3 rings (SSSR count). The fraction of sp³-hybridized carbons (Fsp3) is 0.692. The first-order valence-electron chi connectivity index (χ1n) is 45.3. The molecule has 36 heteroatoms. The Bertz CT molecular complexity index is 3780. The minimum Gasteiger partial charge on any atom is -0.495 e. The van der Waals surface area contributed by atoms with E-state index in [2.05, 4.69) is 26.9 Å². The maximum atomic E-state index is 14.2. The van der Waals surface area contributed by atoms with Crippen molar-refractivity contribution in [3.63, 3.8) is 0 Å². The Labute approximate surface area is 749 Å². The van der Waals surface area contributed by atoms with Gasteiger partial charge in [0.1, 0.15) is 59.5 Å². The fourth-order valence-electron chi connectivity index (χ4n) is 12.5. The Morgan fingerprint density at radius 3 is 1.06 bits per heavy atom. The molecule has 2 aromatic carbocycles. The molecule has 1 aromatic heterocycles. The molecule has 0 amide bonds. The predicted octanol–water partition coefficient (Wildman–Crippen LogP) is 14.0. The number of sulfone groups is 1. The lowest BCUT2D eigenvalue weighted by atomic mass is 10.1. The van der Waals surface area contributed by atoms with Gasteiger partial charge in [0.2, 0.25) is 0 Å². The monoisotopic (exact) mass is 1810 g/mol. The number of aliphatic hydroxyl groups excluding tert-OH is 3. The highest BCUT2D eigenvalue weighted by molar-refractivity contribution is 7.91. The van der Waals surface area contributed by atoms with Gasteiger partial charge < -0.3 is 87.5 Å². The van der Waals surface area contributed by atoms with Crippen LogP contribution in [0.25, 0.3) is 0 Å². The van der Waals surface area contributed by atoms with Crippen molar-refractivity contribution >= 4 is 98.2 Å². The van der Waals surface area contributed by atoms with Gasteiger partial charge >= 0.3 is 59.7 Å². The molecule has 0 aliphatic heterocycles. The number of nitriles is 1. The molecule has 0 atom stereocenters. The number of nitrogens with one attached hydrogen (secondary N) is 2. The number of hydrogen-bond donors (Lipinski definition) is 5. The van der Waals surface area contributed by atoms with E-state index in [1.165, 1.54) is 26.4 Å². The second kappa shape index (κ2) is 73.3. The maximum Gasteiger partial charge on any atom is 0.305 e. The molecular weight excluding hydrogens is 1670 g/mol. The van der Waals surface area contributed by atoms with E-state index in [4.69, 9.17) is 81.9 Å². The van der Waals surface area contributed by atoms with Gasteiger partial charge in [-0.3, -0.25) is 52.8 Å². The second-order valence-electron chi connectivity index (χ2n) is 30.3. The molecule has 0 unspecified atom stereocenters. The number of rotatable bonds is 80. The molecule has 1 heterocycles. The molecule has 0 saturated carbocycles. The zero-order chi connectivity index (χ0) is 92.4. The average molecular weight is 1810 g/mol. The van der Waals surface area contributed by atoms with Crippen LogP contribution >= 0.6 is 0 Å². The maximum absolute atomic E-state index is 14.2. The zero-order valence-corrected chi connectivity index (χ0v) is 76.0. The van der Waals surface area contributed by atoms with E-state index in [9.17, 15) is 61.6 Å². The van der Waals surface area contributed by atoms with E-state index >= 15 is 0 Å². The predicted molar refractivity (Wildman–Crippen MR) is 470 cm³/mol. The summed E-state index contributed by atoms with van der Waals surface area (Å²) < 4.78 is 98.6. The molecule has 35 nitrogen and oxygen atoms in total. The minimum atomic E-state index is -4.13. The first kappa shape index (κ1) is 112. The standard InChI is InChI=1S/C91H141N7O28S/c1-72-74(71-92)90(95-91(94-73-37-15-4-16-38-73)89(72)97-96-75-69-77(115-3)78(70-76(75)114-2)127(112,113)68-52-98(50-64-124-86(109)40-18-6-28-54-100)51-65-125-87(110)41-19-7-29-55-101)93-49-63-116-66-67-126-88(111)48-26-14-36-62-123-85(108)47-25-13-35-61-122-84(107)46-24-12-34-60-121-83(106)45-23-11-33-59-120-82(105)44-22-10-32-58-119-81(104)43-21-9-31-57-118-80(103)42-20-8-30-56-117-79(102)39-17-5-27-53-99/h4,15-16,37-38,69-70,99-101H,5-14,17-36,39-68H2,1-3H3,(H2,93,94,95). The normalized spacial score (nSPS) is 11.2. The van der Waals surface area contributed by atoms with Crippen LogP contribution in [0.1, 0.15) is 268 Å². The quantitative estimate of drug-likeness (QED) is 0.0152. The molecule has 0 bridgehead atoms. The Morgan fingerprint density at radius 2 is 0.724 bits per heavy atom. The third kappa shape index (κ3) is 56.3. The number of carbonyl (C=O) groups is 10. The highest BCUT2D eigenvalue weighted by atomic mass is 32.2. The third-order valence-electron chi connectivity index (χ3n) is 19.8. The fourth-order valence-corrected chi connectivity index (χ4v) is 13.9. The van der Waals surface area contributed by atoms with Gasteiger partial charge in [-0.25, -0.2) is 13.4 Å². The Hall–Kier alpha value is -9.67. The highest BCUT2D eigenvalue weighted by Gasteiger charge is 2.26. The molecule has 3 aromatic rings. The number of aromatic nitrogens is 1. The summed E-state index contributed by atoms with van der Waals surface area (Å²) in [5.74, 6) is -3.29. The van der Waals surface area contributed by atoms with Crippen molar-refractivity contribution in [1.82, 2.24) is 9.88 Å². The molecule has 0 radical (unpaired) electrons. The molecule has 0 aliphatic carbocycles. The number of azo groups is 1. The van der Waals surface area contributed by atoms with Crippen LogP contribution in [0, 0.1) is 18.3 Å². The van der Waals surface area contributed by atoms with Crippen LogP contribution in [0.5, 0.6) is 11.5 Å². The van der Waals surface area contributed by atoms with E-state index in [0.717, 1.165) is 19.3 Å². The van der Waals surface area contributed by atoms with Crippen LogP contribution in [0.2, 0.25) is 0 Å². The van der Waals surface area contributed by atoms with Gasteiger partial charge in [-0.15, -0.1) is 10.2 Å². The lowest BCUT2D eigenvalue weighted by molar-refractivity contribution is -0.146. The first-order valence-corrected chi connectivity index (χ1v) is 46.9. The SMILES string of the molecule is COc1cc(S(=O)(=O)CCN(CCOC(=O)CCCCCO)CCOC(=O)CCCCCO)c(OC)cc1N=Nc1c(Nc2ccccc2)nc(NCCOCCOC(=O)CCCCCOC(=O)CCCCCOC(=O)CCCCCOC(=O)CCCCCOC(=O)CCCCCOC(=O)CCCCCOC(=O)CCCCCOC(=O)CCCCCO)c(C#N)c1C. The zero-order valence-electron chi connectivity index (χ0n) is 75.2. The third-order valence-corrected chi connectivity index (χ3v) is 21.5. The number of anilines is 3. The van der Waals surface area contributed by atoms with Crippen LogP contribution in [0.3, 0.4) is 0 Å². The summed E-state index contributed by atoms with van der Waals surface area (Å²) in [6.45, 7) is 4.37. The number of benzene rings is 2. The summed E-state index contributed by atoms with van der Waals surface area (Å²) in [5, 5.41) is 52.8. The molecule has 0 spiro atoms. The second-order valence-corrected chi connectivity index (χ2v) is 32.4. The number of ether oxygens (including phenoxy) is 13. The number of pyridine rings is 1.